The third-order valence-corrected chi connectivity index (χ3v) is 4.42. The van der Waals surface area contributed by atoms with Crippen LogP contribution in [0.1, 0.15) is 19.8 Å². The minimum absolute atomic E-state index is 0.748. The normalized spacial score (nSPS) is 27.2. The van der Waals surface area contributed by atoms with E-state index in [2.05, 4.69) is 34.0 Å². The molecule has 0 spiro atoms. The largest absolute Gasteiger partial charge is 0.313 e. The zero-order chi connectivity index (χ0) is 12.8. The molecule has 0 aliphatic carbocycles. The van der Waals surface area contributed by atoms with Crippen LogP contribution in [0.3, 0.4) is 0 Å². The van der Waals surface area contributed by atoms with Gasteiger partial charge >= 0.3 is 0 Å². The van der Waals surface area contributed by atoms with Gasteiger partial charge in [0.25, 0.3) is 0 Å². The second kappa shape index (κ2) is 7.43. The van der Waals surface area contributed by atoms with Gasteiger partial charge in [-0.05, 0) is 33.0 Å². The summed E-state index contributed by atoms with van der Waals surface area (Å²) < 4.78 is 0. The first-order valence-corrected chi connectivity index (χ1v) is 7.64. The lowest BCUT2D eigenvalue weighted by Crippen LogP contribution is -2.48. The minimum Gasteiger partial charge on any atom is -0.313 e. The molecule has 1 N–H and O–H groups in total. The Morgan fingerprint density at radius 2 is 2.00 bits per heavy atom. The van der Waals surface area contributed by atoms with E-state index in [0.29, 0.717) is 0 Å². The topological polar surface area (TPSA) is 21.8 Å². The summed E-state index contributed by atoms with van der Waals surface area (Å²) in [5.41, 5.74) is 0. The first kappa shape index (κ1) is 14.3. The van der Waals surface area contributed by atoms with E-state index >= 15 is 0 Å². The maximum atomic E-state index is 3.60. The van der Waals surface area contributed by atoms with Gasteiger partial charge in [-0.2, -0.15) is 0 Å². The van der Waals surface area contributed by atoms with Crippen LogP contribution in [0.25, 0.3) is 0 Å². The second-order valence-corrected chi connectivity index (χ2v) is 5.83. The molecular weight excluding hydrogens is 224 g/mol. The van der Waals surface area contributed by atoms with Gasteiger partial charge in [0.05, 0.1) is 0 Å². The van der Waals surface area contributed by atoms with E-state index in [9.17, 15) is 0 Å². The summed E-state index contributed by atoms with van der Waals surface area (Å²) in [5.74, 6) is 0. The van der Waals surface area contributed by atoms with Gasteiger partial charge in [0, 0.05) is 51.9 Å². The molecule has 18 heavy (non-hydrogen) atoms. The average Bonchev–Trinajstić information content (AvgIpc) is 2.89. The van der Waals surface area contributed by atoms with Gasteiger partial charge in [-0.25, -0.2) is 0 Å². The highest BCUT2D eigenvalue weighted by atomic mass is 15.3. The van der Waals surface area contributed by atoms with Crippen molar-refractivity contribution >= 4 is 0 Å². The molecule has 0 radical (unpaired) electrons. The van der Waals surface area contributed by atoms with E-state index in [0.717, 1.165) is 6.04 Å². The Balaban J connectivity index is 1.63. The highest BCUT2D eigenvalue weighted by Gasteiger charge is 2.18. The van der Waals surface area contributed by atoms with Crippen LogP contribution in [0.2, 0.25) is 0 Å². The summed E-state index contributed by atoms with van der Waals surface area (Å²) in [5, 5.41) is 3.60. The van der Waals surface area contributed by atoms with Crippen LogP contribution in [0.4, 0.5) is 0 Å². The summed E-state index contributed by atoms with van der Waals surface area (Å²) in [6.07, 6.45) is 2.73. The van der Waals surface area contributed by atoms with E-state index in [1.807, 2.05) is 0 Å². The standard InChI is InChI=1S/C14H30N4/c1-3-17(13-14-5-4-6-15-14)11-12-18-9-7-16(2)8-10-18/h14-15H,3-13H2,1-2H3. The van der Waals surface area contributed by atoms with Crippen LogP contribution in [-0.2, 0) is 0 Å². The van der Waals surface area contributed by atoms with Crippen molar-refractivity contribution in [3.05, 3.63) is 0 Å². The summed E-state index contributed by atoms with van der Waals surface area (Å²) in [6, 6.07) is 0.748. The van der Waals surface area contributed by atoms with Crippen molar-refractivity contribution in [1.82, 2.24) is 20.0 Å². The minimum atomic E-state index is 0.748. The van der Waals surface area contributed by atoms with Crippen LogP contribution >= 0.6 is 0 Å². The molecule has 2 aliphatic rings. The molecule has 0 bridgehead atoms. The Hall–Kier alpha value is -0.160. The van der Waals surface area contributed by atoms with Crippen LogP contribution in [0.15, 0.2) is 0 Å². The van der Waals surface area contributed by atoms with E-state index in [4.69, 9.17) is 0 Å². The molecule has 2 fully saturated rings. The first-order valence-electron chi connectivity index (χ1n) is 7.64. The number of nitrogens with zero attached hydrogens (tertiary/aromatic N) is 3. The first-order chi connectivity index (χ1) is 8.78. The zero-order valence-corrected chi connectivity index (χ0v) is 12.2. The monoisotopic (exact) mass is 254 g/mol. The molecule has 2 saturated heterocycles. The number of hydrogen-bond donors (Lipinski definition) is 1. The van der Waals surface area contributed by atoms with Crippen molar-refractivity contribution < 1.29 is 0 Å². The van der Waals surface area contributed by atoms with Crippen LogP contribution in [-0.4, -0.2) is 86.7 Å². The number of likely N-dealkylation sites (N-methyl/N-ethyl adjacent to an activating group) is 2. The Labute approximate surface area is 112 Å². The van der Waals surface area contributed by atoms with Gasteiger partial charge in [0.15, 0.2) is 0 Å². The number of nitrogens with one attached hydrogen (secondary N) is 1. The smallest absolute Gasteiger partial charge is 0.0195 e. The van der Waals surface area contributed by atoms with Crippen molar-refractivity contribution in [1.29, 1.82) is 0 Å². The lowest BCUT2D eigenvalue weighted by molar-refractivity contribution is 0.134. The maximum Gasteiger partial charge on any atom is 0.0195 e. The summed E-state index contributed by atoms with van der Waals surface area (Å²) in [7, 11) is 2.22. The van der Waals surface area contributed by atoms with Crippen LogP contribution in [0.5, 0.6) is 0 Å². The predicted octanol–water partition coefficient (Wildman–Crippen LogP) is 0.308. The molecular formula is C14H30N4. The van der Waals surface area contributed by atoms with E-state index in [1.165, 1.54) is 71.7 Å². The zero-order valence-electron chi connectivity index (χ0n) is 12.2. The van der Waals surface area contributed by atoms with E-state index in [1.54, 1.807) is 0 Å². The lowest BCUT2D eigenvalue weighted by Gasteiger charge is -2.34. The molecule has 2 aliphatic heterocycles. The molecule has 106 valence electrons. The van der Waals surface area contributed by atoms with E-state index < -0.39 is 0 Å². The van der Waals surface area contributed by atoms with Crippen molar-refractivity contribution in [3.8, 4) is 0 Å². The summed E-state index contributed by atoms with van der Waals surface area (Å²) >= 11 is 0. The van der Waals surface area contributed by atoms with Crippen LogP contribution in [0, 0.1) is 0 Å². The number of piperazine rings is 1. The molecule has 0 aromatic carbocycles. The number of hydrogen-bond acceptors (Lipinski definition) is 4. The fourth-order valence-electron chi connectivity index (χ4n) is 2.96. The molecule has 0 amide bonds. The van der Waals surface area contributed by atoms with Crippen molar-refractivity contribution in [2.45, 2.75) is 25.8 Å². The SMILES string of the molecule is CCN(CCN1CCN(C)CC1)CC1CCCN1. The van der Waals surface area contributed by atoms with Crippen molar-refractivity contribution in [2.24, 2.45) is 0 Å². The summed E-state index contributed by atoms with van der Waals surface area (Å²) in [4.78, 5) is 7.66. The van der Waals surface area contributed by atoms with Gasteiger partial charge in [0.2, 0.25) is 0 Å². The highest BCUT2D eigenvalue weighted by Crippen LogP contribution is 2.07. The molecule has 4 heteroatoms. The Kier molecular flexibility index (Phi) is 5.89. The Morgan fingerprint density at radius 3 is 2.61 bits per heavy atom. The number of rotatable bonds is 6. The third-order valence-electron chi connectivity index (χ3n) is 4.42. The van der Waals surface area contributed by atoms with Crippen molar-refractivity contribution in [3.63, 3.8) is 0 Å². The van der Waals surface area contributed by atoms with E-state index in [-0.39, 0.29) is 0 Å². The molecule has 4 nitrogen and oxygen atoms in total. The summed E-state index contributed by atoms with van der Waals surface area (Å²) in [6.45, 7) is 13.4. The molecule has 1 unspecified atom stereocenters. The second-order valence-electron chi connectivity index (χ2n) is 5.83. The average molecular weight is 254 g/mol. The molecule has 0 aromatic rings. The highest BCUT2D eigenvalue weighted by molar-refractivity contribution is 4.78. The predicted molar refractivity (Wildman–Crippen MR) is 77.1 cm³/mol. The molecule has 0 aromatic heterocycles. The fourth-order valence-corrected chi connectivity index (χ4v) is 2.96. The maximum absolute atomic E-state index is 3.60. The van der Waals surface area contributed by atoms with Crippen molar-refractivity contribution in [2.75, 3.05) is 66.0 Å². The van der Waals surface area contributed by atoms with Gasteiger partial charge in [-0.1, -0.05) is 6.92 Å². The Morgan fingerprint density at radius 1 is 1.22 bits per heavy atom. The van der Waals surface area contributed by atoms with Gasteiger partial charge in [-0.3, -0.25) is 4.90 Å². The molecule has 2 rings (SSSR count). The molecule has 2 heterocycles. The fraction of sp³-hybridized carbons (Fsp3) is 1.00. The van der Waals surface area contributed by atoms with Gasteiger partial charge in [0.1, 0.15) is 0 Å². The third kappa shape index (κ3) is 4.50. The van der Waals surface area contributed by atoms with Gasteiger partial charge < -0.3 is 15.1 Å². The molecule has 1 atom stereocenters. The van der Waals surface area contributed by atoms with Crippen LogP contribution < -0.4 is 5.32 Å². The van der Waals surface area contributed by atoms with Gasteiger partial charge in [-0.15, -0.1) is 0 Å². The lowest BCUT2D eigenvalue weighted by atomic mass is 10.2. The molecule has 0 saturated carbocycles. The Bertz CT molecular complexity index is 220. The quantitative estimate of drug-likeness (QED) is 0.736.